The summed E-state index contributed by atoms with van der Waals surface area (Å²) in [6.07, 6.45) is 2.00. The minimum atomic E-state index is 0.242. The first-order valence-corrected chi connectivity index (χ1v) is 3.72. The van der Waals surface area contributed by atoms with E-state index in [0.717, 1.165) is 18.1 Å². The maximum Gasteiger partial charge on any atom is 0.168 e. The third-order valence-electron chi connectivity index (χ3n) is 1.66. The largest absolute Gasteiger partial charge is 0.485 e. The molecule has 3 heteroatoms. The number of ether oxygens (including phenoxy) is 1. The Kier molecular flexibility index (Phi) is 1.42. The molecule has 0 aliphatic carbocycles. The van der Waals surface area contributed by atoms with Crippen LogP contribution in [-0.4, -0.2) is 17.6 Å². The van der Waals surface area contributed by atoms with Crippen molar-refractivity contribution in [2.45, 2.75) is 13.0 Å². The predicted molar refractivity (Wildman–Crippen MR) is 42.8 cm³/mol. The lowest BCUT2D eigenvalue weighted by Crippen LogP contribution is -2.28. The molecule has 11 heavy (non-hydrogen) atoms. The fourth-order valence-corrected chi connectivity index (χ4v) is 1.12. The molecule has 2 heterocycles. The molecule has 58 valence electrons. The van der Waals surface area contributed by atoms with Crippen LogP contribution < -0.4 is 10.1 Å². The second-order valence-corrected chi connectivity index (χ2v) is 2.66. The van der Waals surface area contributed by atoms with Gasteiger partial charge in [0.1, 0.15) is 6.10 Å². The number of hydrogen-bond donors (Lipinski definition) is 1. The van der Waals surface area contributed by atoms with Crippen molar-refractivity contribution >= 4 is 5.82 Å². The van der Waals surface area contributed by atoms with Gasteiger partial charge in [-0.1, -0.05) is 0 Å². The van der Waals surface area contributed by atoms with Gasteiger partial charge in [0.2, 0.25) is 0 Å². The van der Waals surface area contributed by atoms with Gasteiger partial charge in [0.05, 0.1) is 6.54 Å². The van der Waals surface area contributed by atoms with Crippen LogP contribution in [0.2, 0.25) is 0 Å². The van der Waals surface area contributed by atoms with Crippen molar-refractivity contribution in [3.63, 3.8) is 0 Å². The average Bonchev–Trinajstić information content (AvgIpc) is 2.04. The highest BCUT2D eigenvalue weighted by Crippen LogP contribution is 2.25. The van der Waals surface area contributed by atoms with Crippen molar-refractivity contribution in [3.05, 3.63) is 18.3 Å². The maximum atomic E-state index is 5.51. The number of nitrogens with one attached hydrogen (secondary N) is 1. The Labute approximate surface area is 65.4 Å². The molecule has 0 fully saturated rings. The van der Waals surface area contributed by atoms with Crippen molar-refractivity contribution in [2.24, 2.45) is 0 Å². The van der Waals surface area contributed by atoms with Gasteiger partial charge in [0.15, 0.2) is 11.6 Å². The molecule has 0 saturated carbocycles. The highest BCUT2D eigenvalue weighted by Gasteiger charge is 2.14. The van der Waals surface area contributed by atoms with E-state index in [-0.39, 0.29) is 6.10 Å². The second kappa shape index (κ2) is 2.42. The number of fused-ring (bicyclic) bond motifs is 1. The van der Waals surface area contributed by atoms with E-state index in [0.29, 0.717) is 0 Å². The molecule has 0 saturated heterocycles. The Morgan fingerprint density at radius 2 is 2.64 bits per heavy atom. The smallest absolute Gasteiger partial charge is 0.168 e. The first-order chi connectivity index (χ1) is 5.36. The van der Waals surface area contributed by atoms with E-state index in [9.17, 15) is 0 Å². The molecule has 2 rings (SSSR count). The zero-order chi connectivity index (χ0) is 7.68. The first kappa shape index (κ1) is 6.46. The minimum absolute atomic E-state index is 0.242. The molecule has 0 amide bonds. The number of anilines is 1. The lowest BCUT2D eigenvalue weighted by atomic mass is 10.3. The molecule has 0 unspecified atom stereocenters. The standard InChI is InChI=1S/C8H10N2O/c1-6-5-10-8-7(11-6)3-2-4-9-8/h2-4,6H,5H2,1H3,(H,9,10)/t6-/m1/s1. The van der Waals surface area contributed by atoms with Crippen LogP contribution in [0.4, 0.5) is 5.82 Å². The fourth-order valence-electron chi connectivity index (χ4n) is 1.12. The molecule has 1 aliphatic heterocycles. The summed E-state index contributed by atoms with van der Waals surface area (Å²) in [5.41, 5.74) is 0. The van der Waals surface area contributed by atoms with Gasteiger partial charge in [0.25, 0.3) is 0 Å². The highest BCUT2D eigenvalue weighted by atomic mass is 16.5. The quantitative estimate of drug-likeness (QED) is 0.604. The molecule has 1 aromatic rings. The first-order valence-electron chi connectivity index (χ1n) is 3.72. The molecule has 1 N–H and O–H groups in total. The minimum Gasteiger partial charge on any atom is -0.485 e. The lowest BCUT2D eigenvalue weighted by molar-refractivity contribution is 0.224. The fraction of sp³-hybridized carbons (Fsp3) is 0.375. The van der Waals surface area contributed by atoms with Crippen LogP contribution in [-0.2, 0) is 0 Å². The van der Waals surface area contributed by atoms with E-state index in [1.165, 1.54) is 0 Å². The molecule has 1 atom stereocenters. The molecule has 0 aromatic carbocycles. The van der Waals surface area contributed by atoms with Gasteiger partial charge >= 0.3 is 0 Å². The third kappa shape index (κ3) is 1.13. The zero-order valence-corrected chi connectivity index (χ0v) is 6.37. The van der Waals surface area contributed by atoms with E-state index in [2.05, 4.69) is 10.3 Å². The third-order valence-corrected chi connectivity index (χ3v) is 1.66. The summed E-state index contributed by atoms with van der Waals surface area (Å²) in [5, 5.41) is 3.18. The second-order valence-electron chi connectivity index (χ2n) is 2.66. The van der Waals surface area contributed by atoms with E-state index in [1.54, 1.807) is 6.20 Å². The van der Waals surface area contributed by atoms with E-state index < -0.39 is 0 Å². The molecule has 0 spiro atoms. The van der Waals surface area contributed by atoms with Crippen molar-refractivity contribution in [1.82, 2.24) is 4.98 Å². The Bertz CT molecular complexity index is 262. The molecule has 0 radical (unpaired) electrons. The number of rotatable bonds is 0. The number of pyridine rings is 1. The van der Waals surface area contributed by atoms with Crippen molar-refractivity contribution < 1.29 is 4.74 Å². The van der Waals surface area contributed by atoms with Crippen molar-refractivity contribution in [2.75, 3.05) is 11.9 Å². The number of hydrogen-bond acceptors (Lipinski definition) is 3. The van der Waals surface area contributed by atoms with E-state index in [1.807, 2.05) is 19.1 Å². The molecule has 1 aliphatic rings. The van der Waals surface area contributed by atoms with Crippen LogP contribution in [0.15, 0.2) is 18.3 Å². The molecular formula is C8H10N2O. The maximum absolute atomic E-state index is 5.51. The Morgan fingerprint density at radius 3 is 3.55 bits per heavy atom. The van der Waals surface area contributed by atoms with Crippen LogP contribution in [0, 0.1) is 0 Å². The lowest BCUT2D eigenvalue weighted by Gasteiger charge is -2.23. The Morgan fingerprint density at radius 1 is 1.73 bits per heavy atom. The van der Waals surface area contributed by atoms with Gasteiger partial charge in [-0.25, -0.2) is 4.98 Å². The van der Waals surface area contributed by atoms with Gasteiger partial charge < -0.3 is 10.1 Å². The molecular weight excluding hydrogens is 140 g/mol. The predicted octanol–water partition coefficient (Wildman–Crippen LogP) is 1.27. The van der Waals surface area contributed by atoms with Crippen LogP contribution in [0.5, 0.6) is 5.75 Å². The number of aromatic nitrogens is 1. The van der Waals surface area contributed by atoms with Crippen LogP contribution in [0.1, 0.15) is 6.92 Å². The van der Waals surface area contributed by atoms with Gasteiger partial charge in [-0.3, -0.25) is 0 Å². The van der Waals surface area contributed by atoms with E-state index >= 15 is 0 Å². The topological polar surface area (TPSA) is 34.2 Å². The summed E-state index contributed by atoms with van der Waals surface area (Å²) < 4.78 is 5.51. The summed E-state index contributed by atoms with van der Waals surface area (Å²) in [5.74, 6) is 1.71. The van der Waals surface area contributed by atoms with Crippen molar-refractivity contribution in [3.8, 4) is 5.75 Å². The van der Waals surface area contributed by atoms with Crippen LogP contribution >= 0.6 is 0 Å². The summed E-state index contributed by atoms with van der Waals surface area (Å²) >= 11 is 0. The Balaban J connectivity index is 2.34. The van der Waals surface area contributed by atoms with Crippen LogP contribution in [0.3, 0.4) is 0 Å². The van der Waals surface area contributed by atoms with E-state index in [4.69, 9.17) is 4.74 Å². The zero-order valence-electron chi connectivity index (χ0n) is 6.37. The molecule has 0 bridgehead atoms. The van der Waals surface area contributed by atoms with Crippen LogP contribution in [0.25, 0.3) is 0 Å². The number of nitrogens with zero attached hydrogens (tertiary/aromatic N) is 1. The monoisotopic (exact) mass is 150 g/mol. The Hall–Kier alpha value is -1.25. The average molecular weight is 150 g/mol. The molecule has 1 aromatic heterocycles. The SMILES string of the molecule is C[C@@H]1CNc2ncccc2O1. The molecule has 3 nitrogen and oxygen atoms in total. The van der Waals surface area contributed by atoms with Gasteiger partial charge in [-0.05, 0) is 19.1 Å². The highest BCUT2D eigenvalue weighted by molar-refractivity contribution is 5.51. The summed E-state index contributed by atoms with van der Waals surface area (Å²) in [6.45, 7) is 2.87. The van der Waals surface area contributed by atoms with Crippen molar-refractivity contribution in [1.29, 1.82) is 0 Å². The van der Waals surface area contributed by atoms with Gasteiger partial charge in [-0.2, -0.15) is 0 Å². The summed E-state index contributed by atoms with van der Waals surface area (Å²) in [4.78, 5) is 4.12. The van der Waals surface area contributed by atoms with Gasteiger partial charge in [-0.15, -0.1) is 0 Å². The normalized spacial score (nSPS) is 21.4. The summed E-state index contributed by atoms with van der Waals surface area (Å²) in [7, 11) is 0. The summed E-state index contributed by atoms with van der Waals surface area (Å²) in [6, 6.07) is 3.80. The van der Waals surface area contributed by atoms with Gasteiger partial charge in [0, 0.05) is 6.20 Å².